The number of nitrogens with one attached hydrogen (secondary N) is 3. The molecule has 3 amide bonds. The van der Waals surface area contributed by atoms with E-state index >= 15 is 0 Å². The van der Waals surface area contributed by atoms with Crippen molar-refractivity contribution in [2.45, 2.75) is 129 Å². The van der Waals surface area contributed by atoms with Gasteiger partial charge < -0.3 is 34.7 Å². The summed E-state index contributed by atoms with van der Waals surface area (Å²) in [6.45, 7) is 16.2. The van der Waals surface area contributed by atoms with Crippen molar-refractivity contribution < 1.29 is 19.1 Å². The highest BCUT2D eigenvalue weighted by atomic mass is 16.5. The molecule has 328 valence electrons. The summed E-state index contributed by atoms with van der Waals surface area (Å²) in [4.78, 5) is 62.5. The zero-order chi connectivity index (χ0) is 43.9. The van der Waals surface area contributed by atoms with E-state index in [4.69, 9.17) is 14.7 Å². The lowest BCUT2D eigenvalue weighted by molar-refractivity contribution is -0.135. The number of amides is 3. The fourth-order valence-corrected chi connectivity index (χ4v) is 9.92. The maximum absolute atomic E-state index is 13.9. The maximum atomic E-state index is 13.9. The number of fused-ring (bicyclic) bond motifs is 1. The van der Waals surface area contributed by atoms with Gasteiger partial charge in [0.2, 0.25) is 11.8 Å². The number of imidazole rings is 2. The second kappa shape index (κ2) is 17.6. The van der Waals surface area contributed by atoms with Crippen LogP contribution in [0.15, 0.2) is 72.9 Å². The molecule has 8 rings (SSSR count). The Balaban J connectivity index is 1.05. The molecule has 3 N–H and O–H groups in total. The number of H-pyrrole nitrogens is 2. The molecule has 3 aliphatic heterocycles. The van der Waals surface area contributed by atoms with Crippen molar-refractivity contribution in [3.63, 3.8) is 0 Å². The molecule has 12 nitrogen and oxygen atoms in total. The summed E-state index contributed by atoms with van der Waals surface area (Å²) < 4.78 is 4.83. The Bertz CT molecular complexity index is 2380. The average molecular weight is 841 g/mol. The molecule has 3 saturated heterocycles. The third-order valence-corrected chi connectivity index (χ3v) is 13.2. The Morgan fingerprint density at radius 3 is 2.08 bits per heavy atom. The van der Waals surface area contributed by atoms with E-state index in [2.05, 4.69) is 122 Å². The molecule has 3 aliphatic rings. The highest BCUT2D eigenvalue weighted by Gasteiger charge is 2.39. The number of alkyl carbamates (subject to hydrolysis) is 1. The smallest absolute Gasteiger partial charge is 0.407 e. The van der Waals surface area contributed by atoms with Gasteiger partial charge in [-0.3, -0.25) is 9.59 Å². The highest BCUT2D eigenvalue weighted by Crippen LogP contribution is 2.48. The van der Waals surface area contributed by atoms with Crippen LogP contribution in [-0.2, 0) is 19.7 Å². The molecule has 5 aromatic rings. The molecule has 0 saturated carbocycles. The van der Waals surface area contributed by atoms with Crippen molar-refractivity contribution in [3.8, 4) is 11.3 Å². The van der Waals surface area contributed by atoms with Gasteiger partial charge in [0, 0.05) is 25.2 Å². The van der Waals surface area contributed by atoms with Crippen LogP contribution in [0.1, 0.15) is 146 Å². The molecule has 62 heavy (non-hydrogen) atoms. The van der Waals surface area contributed by atoms with Gasteiger partial charge in [-0.15, -0.1) is 0 Å². The van der Waals surface area contributed by atoms with Crippen LogP contribution in [0.5, 0.6) is 0 Å². The van der Waals surface area contributed by atoms with Crippen molar-refractivity contribution in [1.29, 1.82) is 0 Å². The summed E-state index contributed by atoms with van der Waals surface area (Å²) in [5, 5.41) is 2.75. The predicted molar refractivity (Wildman–Crippen MR) is 243 cm³/mol. The number of anilines is 1. The quantitative estimate of drug-likeness (QED) is 0.120. The second-order valence-corrected chi connectivity index (χ2v) is 19.4. The van der Waals surface area contributed by atoms with E-state index in [-0.39, 0.29) is 47.3 Å². The van der Waals surface area contributed by atoms with Gasteiger partial charge in [0.15, 0.2) is 0 Å². The Kier molecular flexibility index (Phi) is 12.2. The van der Waals surface area contributed by atoms with Crippen LogP contribution < -0.4 is 10.2 Å². The fraction of sp³-hybridized carbons (Fsp3) is 0.500. The monoisotopic (exact) mass is 841 g/mol. The van der Waals surface area contributed by atoms with E-state index in [1.807, 2.05) is 29.8 Å². The number of aromatic nitrogens is 4. The number of benzene rings is 3. The number of carbonyl (C=O) groups is 3. The number of rotatable bonds is 11. The summed E-state index contributed by atoms with van der Waals surface area (Å²) >= 11 is 0. The topological polar surface area (TPSA) is 140 Å². The highest BCUT2D eigenvalue weighted by molar-refractivity contribution is 5.86. The Hall–Kier alpha value is -5.65. The van der Waals surface area contributed by atoms with Crippen LogP contribution in [0.25, 0.3) is 22.3 Å². The van der Waals surface area contributed by atoms with E-state index in [1.165, 1.54) is 29.5 Å². The minimum Gasteiger partial charge on any atom is -0.453 e. The van der Waals surface area contributed by atoms with E-state index in [1.54, 1.807) is 0 Å². The third-order valence-electron chi connectivity index (χ3n) is 13.2. The summed E-state index contributed by atoms with van der Waals surface area (Å²) in [7, 11) is 1.31. The van der Waals surface area contributed by atoms with Gasteiger partial charge in [0.05, 0.1) is 54.2 Å². The van der Waals surface area contributed by atoms with Gasteiger partial charge in [0.1, 0.15) is 17.7 Å². The fourth-order valence-electron chi connectivity index (χ4n) is 9.92. The SMILES string of the molecule is COC(=O)N[C@H](C(=O)N1CCC[C@H]1c1nc2ccc([C@@H]3CC[C@@H](c4ccc(-c5cnc([C@@H]6CCCN6C(=O)CC(C)C)[nH]5)cc4)N3c3ccc(C(C)(C)C)cc3)cc2[nH]1)C(C)C. The lowest BCUT2D eigenvalue weighted by atomic mass is 9.87. The number of nitrogens with zero attached hydrogens (tertiary/aromatic N) is 5. The molecule has 2 aromatic heterocycles. The minimum absolute atomic E-state index is 0.00331. The Morgan fingerprint density at radius 2 is 1.44 bits per heavy atom. The van der Waals surface area contributed by atoms with Crippen molar-refractivity contribution >= 4 is 34.6 Å². The van der Waals surface area contributed by atoms with Crippen LogP contribution in [0.3, 0.4) is 0 Å². The first-order chi connectivity index (χ1) is 29.7. The summed E-state index contributed by atoms with van der Waals surface area (Å²) in [5.41, 5.74) is 8.85. The standard InChI is InChI=1S/C50H64N8O4/c1-30(2)27-44(59)56-25-9-11-42(56)46-51-29-39(54-46)32-13-15-33(16-14-32)40-23-24-41(58(40)36-20-18-35(19-21-36)50(5,6)7)34-17-22-37-38(28-34)53-47(52-37)43-12-10-26-57(43)48(60)45(31(3)4)55-49(61)62-8/h13-22,28-31,40-43,45H,9-12,23-27H2,1-8H3,(H,51,54)(H,52,53)(H,55,61)/t40-,41-,42-,43-,45-/m0/s1. The predicted octanol–water partition coefficient (Wildman–Crippen LogP) is 10.1. The number of ether oxygens (including phenoxy) is 1. The first-order valence-corrected chi connectivity index (χ1v) is 22.7. The van der Waals surface area contributed by atoms with Gasteiger partial charge in [-0.05, 0) is 102 Å². The maximum Gasteiger partial charge on any atom is 0.407 e. The van der Waals surface area contributed by atoms with Gasteiger partial charge in [0.25, 0.3) is 0 Å². The number of likely N-dealkylation sites (tertiary alicyclic amines) is 2. The molecule has 3 aromatic carbocycles. The molecule has 0 unspecified atom stereocenters. The zero-order valence-electron chi connectivity index (χ0n) is 37.7. The molecule has 0 spiro atoms. The summed E-state index contributed by atoms with van der Waals surface area (Å²) in [6.07, 6.45) is 7.40. The molecular weight excluding hydrogens is 777 g/mol. The van der Waals surface area contributed by atoms with Crippen LogP contribution in [0.2, 0.25) is 0 Å². The molecule has 0 bridgehead atoms. The van der Waals surface area contributed by atoms with Crippen molar-refractivity contribution in [2.75, 3.05) is 25.1 Å². The van der Waals surface area contributed by atoms with Crippen LogP contribution in [-0.4, -0.2) is 73.9 Å². The van der Waals surface area contributed by atoms with Gasteiger partial charge >= 0.3 is 6.09 Å². The molecule has 0 radical (unpaired) electrons. The number of aromatic amines is 2. The largest absolute Gasteiger partial charge is 0.453 e. The van der Waals surface area contributed by atoms with E-state index < -0.39 is 12.1 Å². The average Bonchev–Trinajstić information content (AvgIpc) is 4.10. The molecular formula is C50H64N8O4. The third kappa shape index (κ3) is 8.70. The van der Waals surface area contributed by atoms with E-state index in [0.29, 0.717) is 18.9 Å². The minimum atomic E-state index is -0.687. The van der Waals surface area contributed by atoms with E-state index in [9.17, 15) is 14.4 Å². The molecule has 0 aliphatic carbocycles. The van der Waals surface area contributed by atoms with Crippen molar-refractivity contribution in [3.05, 3.63) is 101 Å². The number of hydrogen-bond acceptors (Lipinski definition) is 7. The lowest BCUT2D eigenvalue weighted by Gasteiger charge is -2.34. The zero-order valence-corrected chi connectivity index (χ0v) is 37.7. The number of hydrogen-bond donors (Lipinski definition) is 3. The van der Waals surface area contributed by atoms with Gasteiger partial charge in [-0.25, -0.2) is 14.8 Å². The van der Waals surface area contributed by atoms with Crippen LogP contribution in [0, 0.1) is 11.8 Å². The molecule has 5 atom stereocenters. The van der Waals surface area contributed by atoms with Gasteiger partial charge in [-0.2, -0.15) is 0 Å². The Morgan fingerprint density at radius 1 is 0.790 bits per heavy atom. The number of carbonyl (C=O) groups excluding carboxylic acids is 3. The second-order valence-electron chi connectivity index (χ2n) is 19.4. The lowest BCUT2D eigenvalue weighted by Crippen LogP contribution is -2.51. The Labute approximate surface area is 366 Å². The number of methoxy groups -OCH3 is 1. The normalized spacial score (nSPS) is 21.1. The molecule has 3 fully saturated rings. The first kappa shape index (κ1) is 43.0. The molecule has 12 heteroatoms. The first-order valence-electron chi connectivity index (χ1n) is 22.7. The molecule has 5 heterocycles. The summed E-state index contributed by atoms with van der Waals surface area (Å²) in [6, 6.07) is 24.0. The van der Waals surface area contributed by atoms with Crippen molar-refractivity contribution in [1.82, 2.24) is 35.1 Å². The van der Waals surface area contributed by atoms with E-state index in [0.717, 1.165) is 79.0 Å². The summed E-state index contributed by atoms with van der Waals surface area (Å²) in [5.74, 6) is 1.95. The van der Waals surface area contributed by atoms with Crippen molar-refractivity contribution in [2.24, 2.45) is 11.8 Å². The van der Waals surface area contributed by atoms with Gasteiger partial charge in [-0.1, -0.05) is 90.9 Å². The van der Waals surface area contributed by atoms with Crippen LogP contribution in [0.4, 0.5) is 10.5 Å². The van der Waals surface area contributed by atoms with Crippen LogP contribution >= 0.6 is 0 Å².